The number of aryl methyl sites for hydroxylation is 2. The van der Waals surface area contributed by atoms with Gasteiger partial charge in [0.1, 0.15) is 0 Å². The van der Waals surface area contributed by atoms with Crippen molar-refractivity contribution < 1.29 is 4.74 Å². The highest BCUT2D eigenvalue weighted by Crippen LogP contribution is 2.15. The number of aliphatic imine (C=N–C) groups is 1. The van der Waals surface area contributed by atoms with Crippen LogP contribution in [-0.2, 0) is 18.2 Å². The van der Waals surface area contributed by atoms with Crippen LogP contribution in [0.15, 0.2) is 35.3 Å². The lowest BCUT2D eigenvalue weighted by Crippen LogP contribution is -2.39. The molecule has 0 spiro atoms. The SMILES string of the molecule is CN=C(NCCCOC(C)c1ccccc1)NCCc1c(C)nn(C)c1C. The summed E-state index contributed by atoms with van der Waals surface area (Å²) in [4.78, 5) is 4.28. The van der Waals surface area contributed by atoms with Crippen molar-refractivity contribution in [1.82, 2.24) is 20.4 Å². The van der Waals surface area contributed by atoms with Gasteiger partial charge in [-0.05, 0) is 44.7 Å². The van der Waals surface area contributed by atoms with Gasteiger partial charge in [0.05, 0.1) is 11.8 Å². The van der Waals surface area contributed by atoms with Crippen molar-refractivity contribution in [2.45, 2.75) is 39.7 Å². The molecule has 0 saturated carbocycles. The second-order valence-corrected chi connectivity index (χ2v) is 6.73. The number of ether oxygens (including phenoxy) is 1. The molecule has 0 aliphatic heterocycles. The van der Waals surface area contributed by atoms with E-state index in [1.165, 1.54) is 16.8 Å². The van der Waals surface area contributed by atoms with Gasteiger partial charge < -0.3 is 15.4 Å². The maximum Gasteiger partial charge on any atom is 0.190 e. The van der Waals surface area contributed by atoms with Crippen molar-refractivity contribution in [1.29, 1.82) is 0 Å². The number of hydrogen-bond donors (Lipinski definition) is 2. The van der Waals surface area contributed by atoms with Crippen LogP contribution < -0.4 is 10.6 Å². The lowest BCUT2D eigenvalue weighted by Gasteiger charge is -2.15. The van der Waals surface area contributed by atoms with E-state index < -0.39 is 0 Å². The Morgan fingerprint density at radius 1 is 1.19 bits per heavy atom. The fourth-order valence-electron chi connectivity index (χ4n) is 3.07. The Bertz CT molecular complexity index is 724. The third-order valence-corrected chi connectivity index (χ3v) is 4.80. The molecule has 1 heterocycles. The fraction of sp³-hybridized carbons (Fsp3) is 0.524. The average molecular weight is 372 g/mol. The summed E-state index contributed by atoms with van der Waals surface area (Å²) in [6.45, 7) is 8.63. The molecule has 1 aromatic carbocycles. The third-order valence-electron chi connectivity index (χ3n) is 4.80. The Balaban J connectivity index is 1.63. The predicted molar refractivity (Wildman–Crippen MR) is 111 cm³/mol. The van der Waals surface area contributed by atoms with Crippen molar-refractivity contribution in [2.75, 3.05) is 26.7 Å². The second-order valence-electron chi connectivity index (χ2n) is 6.73. The van der Waals surface area contributed by atoms with Gasteiger partial charge in [0, 0.05) is 39.5 Å². The number of guanidine groups is 1. The molecule has 0 aliphatic rings. The predicted octanol–water partition coefficient (Wildman–Crippen LogP) is 2.91. The van der Waals surface area contributed by atoms with Crippen LogP contribution in [0.2, 0.25) is 0 Å². The normalized spacial score (nSPS) is 12.9. The molecule has 1 unspecified atom stereocenters. The molecule has 0 fully saturated rings. The van der Waals surface area contributed by atoms with E-state index in [2.05, 4.69) is 53.6 Å². The van der Waals surface area contributed by atoms with Crippen LogP contribution in [0.25, 0.3) is 0 Å². The summed E-state index contributed by atoms with van der Waals surface area (Å²) in [7, 11) is 3.78. The van der Waals surface area contributed by atoms with E-state index >= 15 is 0 Å². The topological polar surface area (TPSA) is 63.5 Å². The number of benzene rings is 1. The minimum Gasteiger partial charge on any atom is -0.374 e. The monoisotopic (exact) mass is 371 g/mol. The van der Waals surface area contributed by atoms with E-state index in [9.17, 15) is 0 Å². The Labute approximate surface area is 163 Å². The highest BCUT2D eigenvalue weighted by atomic mass is 16.5. The van der Waals surface area contributed by atoms with E-state index in [0.717, 1.165) is 37.6 Å². The summed E-state index contributed by atoms with van der Waals surface area (Å²) >= 11 is 0. The second kappa shape index (κ2) is 10.7. The summed E-state index contributed by atoms with van der Waals surface area (Å²) in [5.74, 6) is 0.824. The molecule has 1 aromatic heterocycles. The number of hydrogen-bond acceptors (Lipinski definition) is 3. The van der Waals surface area contributed by atoms with Crippen LogP contribution in [0.1, 0.15) is 42.0 Å². The first-order valence-electron chi connectivity index (χ1n) is 9.63. The van der Waals surface area contributed by atoms with E-state index in [-0.39, 0.29) is 6.10 Å². The maximum absolute atomic E-state index is 5.90. The number of nitrogens with one attached hydrogen (secondary N) is 2. The van der Waals surface area contributed by atoms with E-state index in [0.29, 0.717) is 6.61 Å². The molecule has 6 nitrogen and oxygen atoms in total. The lowest BCUT2D eigenvalue weighted by molar-refractivity contribution is 0.0646. The van der Waals surface area contributed by atoms with Crippen LogP contribution in [0.3, 0.4) is 0 Å². The quantitative estimate of drug-likeness (QED) is 0.404. The van der Waals surface area contributed by atoms with Crippen molar-refractivity contribution in [3.8, 4) is 0 Å². The first-order valence-corrected chi connectivity index (χ1v) is 9.63. The molecule has 0 saturated heterocycles. The molecular weight excluding hydrogens is 338 g/mol. The van der Waals surface area contributed by atoms with Gasteiger partial charge in [-0.3, -0.25) is 9.67 Å². The maximum atomic E-state index is 5.90. The van der Waals surface area contributed by atoms with Gasteiger partial charge in [-0.25, -0.2) is 0 Å². The zero-order valence-corrected chi connectivity index (χ0v) is 17.2. The molecular formula is C21H33N5O. The van der Waals surface area contributed by atoms with Gasteiger partial charge in [-0.1, -0.05) is 30.3 Å². The van der Waals surface area contributed by atoms with E-state index in [1.54, 1.807) is 7.05 Å². The van der Waals surface area contributed by atoms with Crippen molar-refractivity contribution in [3.63, 3.8) is 0 Å². The summed E-state index contributed by atoms with van der Waals surface area (Å²) in [5, 5.41) is 11.2. The molecule has 2 N–H and O–H groups in total. The highest BCUT2D eigenvalue weighted by Gasteiger charge is 2.09. The number of aromatic nitrogens is 2. The van der Waals surface area contributed by atoms with Gasteiger partial charge in [-0.2, -0.15) is 5.10 Å². The van der Waals surface area contributed by atoms with Crippen molar-refractivity contribution >= 4 is 5.96 Å². The Morgan fingerprint density at radius 3 is 2.52 bits per heavy atom. The third kappa shape index (κ3) is 6.40. The zero-order chi connectivity index (χ0) is 19.6. The van der Waals surface area contributed by atoms with Gasteiger partial charge in [0.2, 0.25) is 0 Å². The minimum atomic E-state index is 0.120. The van der Waals surface area contributed by atoms with E-state index in [4.69, 9.17) is 4.74 Å². The lowest BCUT2D eigenvalue weighted by atomic mass is 10.1. The van der Waals surface area contributed by atoms with Crippen molar-refractivity contribution in [2.24, 2.45) is 12.0 Å². The minimum absolute atomic E-state index is 0.120. The standard InChI is InChI=1S/C21H33N5O/c1-16-20(17(2)26(5)25-16)12-14-24-21(22-4)23-13-9-15-27-18(3)19-10-7-6-8-11-19/h6-8,10-11,18H,9,12-15H2,1-5H3,(H2,22,23,24). The molecule has 148 valence electrons. The molecule has 1 atom stereocenters. The van der Waals surface area contributed by atoms with Crippen LogP contribution in [0.5, 0.6) is 0 Å². The van der Waals surface area contributed by atoms with Gasteiger partial charge in [0.25, 0.3) is 0 Å². The van der Waals surface area contributed by atoms with Crippen molar-refractivity contribution in [3.05, 3.63) is 52.8 Å². The van der Waals surface area contributed by atoms with Gasteiger partial charge >= 0.3 is 0 Å². The summed E-state index contributed by atoms with van der Waals surface area (Å²) in [6.07, 6.45) is 1.98. The average Bonchev–Trinajstić information content (AvgIpc) is 2.92. The van der Waals surface area contributed by atoms with Crippen LogP contribution in [0, 0.1) is 13.8 Å². The molecule has 0 bridgehead atoms. The Morgan fingerprint density at radius 2 is 1.89 bits per heavy atom. The van der Waals surface area contributed by atoms with Crippen LogP contribution in [-0.4, -0.2) is 42.5 Å². The Hall–Kier alpha value is -2.34. The van der Waals surface area contributed by atoms with Gasteiger partial charge in [-0.15, -0.1) is 0 Å². The molecule has 0 aliphatic carbocycles. The summed E-state index contributed by atoms with van der Waals surface area (Å²) in [6, 6.07) is 10.3. The first-order chi connectivity index (χ1) is 13.0. The largest absolute Gasteiger partial charge is 0.374 e. The smallest absolute Gasteiger partial charge is 0.190 e. The molecule has 27 heavy (non-hydrogen) atoms. The summed E-state index contributed by atoms with van der Waals surface area (Å²) < 4.78 is 7.84. The fourth-order valence-corrected chi connectivity index (χ4v) is 3.07. The molecule has 6 heteroatoms. The number of rotatable bonds is 9. The molecule has 2 aromatic rings. The molecule has 0 amide bonds. The molecule has 2 rings (SSSR count). The first kappa shape index (κ1) is 21.0. The zero-order valence-electron chi connectivity index (χ0n) is 17.2. The summed E-state index contributed by atoms with van der Waals surface area (Å²) in [5.41, 5.74) is 4.85. The van der Waals surface area contributed by atoms with Crippen LogP contribution >= 0.6 is 0 Å². The van der Waals surface area contributed by atoms with Gasteiger partial charge in [0.15, 0.2) is 5.96 Å². The number of nitrogens with zero attached hydrogens (tertiary/aromatic N) is 3. The van der Waals surface area contributed by atoms with Crippen LogP contribution in [0.4, 0.5) is 0 Å². The highest BCUT2D eigenvalue weighted by molar-refractivity contribution is 5.79. The van der Waals surface area contributed by atoms with E-state index in [1.807, 2.05) is 29.9 Å². The Kier molecular flexibility index (Phi) is 8.33. The molecule has 0 radical (unpaired) electrons.